The standard InChI is InChI=1S/C8H6BrNOS/c1-5(11)6(4-10)7-2-3-8(9)12-7/h2-3,6H,1H3. The van der Waals surface area contributed by atoms with E-state index in [4.69, 9.17) is 5.26 Å². The number of nitrogens with zero attached hydrogens (tertiary/aromatic N) is 1. The Morgan fingerprint density at radius 3 is 2.75 bits per heavy atom. The topological polar surface area (TPSA) is 40.9 Å². The number of carbonyl (C=O) groups excluding carboxylic acids is 1. The van der Waals surface area contributed by atoms with Gasteiger partial charge in [-0.3, -0.25) is 4.79 Å². The Bertz CT molecular complexity index is 339. The number of nitriles is 1. The summed E-state index contributed by atoms with van der Waals surface area (Å²) in [5.41, 5.74) is 0. The van der Waals surface area contributed by atoms with Gasteiger partial charge in [0.05, 0.1) is 9.86 Å². The van der Waals surface area contributed by atoms with Gasteiger partial charge in [-0.1, -0.05) is 0 Å². The predicted molar refractivity (Wildman–Crippen MR) is 51.1 cm³/mol. The highest BCUT2D eigenvalue weighted by molar-refractivity contribution is 9.11. The van der Waals surface area contributed by atoms with Gasteiger partial charge in [-0.15, -0.1) is 11.3 Å². The second-order valence-corrected chi connectivity index (χ2v) is 4.81. The van der Waals surface area contributed by atoms with Crippen molar-refractivity contribution < 1.29 is 4.79 Å². The Morgan fingerprint density at radius 2 is 2.42 bits per heavy atom. The molecular weight excluding hydrogens is 238 g/mol. The molecule has 0 N–H and O–H groups in total. The van der Waals surface area contributed by atoms with Gasteiger partial charge in [-0.25, -0.2) is 0 Å². The Labute approximate surface area is 83.0 Å². The highest BCUT2D eigenvalue weighted by Gasteiger charge is 2.17. The summed E-state index contributed by atoms with van der Waals surface area (Å²) < 4.78 is 0.944. The molecule has 0 aliphatic carbocycles. The lowest BCUT2D eigenvalue weighted by Crippen LogP contribution is -2.03. The van der Waals surface area contributed by atoms with Crippen LogP contribution < -0.4 is 0 Å². The Kier molecular flexibility index (Phi) is 3.01. The van der Waals surface area contributed by atoms with Crippen molar-refractivity contribution in [2.24, 2.45) is 0 Å². The molecule has 1 unspecified atom stereocenters. The van der Waals surface area contributed by atoms with Crippen molar-refractivity contribution in [3.8, 4) is 6.07 Å². The number of hydrogen-bond donors (Lipinski definition) is 0. The van der Waals surface area contributed by atoms with E-state index in [9.17, 15) is 4.79 Å². The lowest BCUT2D eigenvalue weighted by atomic mass is 10.1. The molecule has 0 bridgehead atoms. The van der Waals surface area contributed by atoms with E-state index in [2.05, 4.69) is 15.9 Å². The zero-order valence-corrected chi connectivity index (χ0v) is 8.78. The van der Waals surface area contributed by atoms with Gasteiger partial charge in [0, 0.05) is 4.88 Å². The number of hydrogen-bond acceptors (Lipinski definition) is 3. The first-order chi connectivity index (χ1) is 5.65. The van der Waals surface area contributed by atoms with Gasteiger partial charge < -0.3 is 0 Å². The summed E-state index contributed by atoms with van der Waals surface area (Å²) in [5.74, 6) is -0.701. The molecule has 0 radical (unpaired) electrons. The molecule has 1 atom stereocenters. The molecule has 1 aromatic rings. The largest absolute Gasteiger partial charge is 0.298 e. The van der Waals surface area contributed by atoms with E-state index in [0.29, 0.717) is 0 Å². The van der Waals surface area contributed by atoms with Crippen LogP contribution in [0.25, 0.3) is 0 Å². The SMILES string of the molecule is CC(=O)C(C#N)c1ccc(Br)s1. The van der Waals surface area contributed by atoms with Gasteiger partial charge in [-0.05, 0) is 35.0 Å². The third kappa shape index (κ3) is 1.93. The molecule has 1 aromatic heterocycles. The molecule has 1 heterocycles. The van der Waals surface area contributed by atoms with Crippen LogP contribution in [0.1, 0.15) is 17.7 Å². The summed E-state index contributed by atoms with van der Waals surface area (Å²) in [5, 5.41) is 8.68. The van der Waals surface area contributed by atoms with E-state index >= 15 is 0 Å². The average Bonchev–Trinajstić information content (AvgIpc) is 2.37. The quantitative estimate of drug-likeness (QED) is 0.802. The fraction of sp³-hybridized carbons (Fsp3) is 0.250. The molecule has 12 heavy (non-hydrogen) atoms. The smallest absolute Gasteiger partial charge is 0.152 e. The molecule has 0 fully saturated rings. The molecule has 0 aromatic carbocycles. The highest BCUT2D eigenvalue weighted by Crippen LogP contribution is 2.28. The van der Waals surface area contributed by atoms with Crippen LogP contribution >= 0.6 is 27.3 Å². The van der Waals surface area contributed by atoms with Crippen LogP contribution in [-0.4, -0.2) is 5.78 Å². The Balaban J connectivity index is 2.97. The van der Waals surface area contributed by atoms with Gasteiger partial charge in [0.2, 0.25) is 0 Å². The van der Waals surface area contributed by atoms with Gasteiger partial charge in [0.25, 0.3) is 0 Å². The molecule has 0 saturated heterocycles. The number of carbonyl (C=O) groups is 1. The predicted octanol–water partition coefficient (Wildman–Crippen LogP) is 2.71. The van der Waals surface area contributed by atoms with Crippen molar-refractivity contribution in [3.63, 3.8) is 0 Å². The fourth-order valence-corrected chi connectivity index (χ4v) is 2.37. The van der Waals surface area contributed by atoms with Crippen LogP contribution in [-0.2, 0) is 4.79 Å². The van der Waals surface area contributed by atoms with Crippen LogP contribution in [0.2, 0.25) is 0 Å². The number of halogens is 1. The van der Waals surface area contributed by atoms with E-state index in [0.717, 1.165) is 8.66 Å². The zero-order valence-electron chi connectivity index (χ0n) is 6.37. The molecule has 62 valence electrons. The molecular formula is C8H6BrNOS. The van der Waals surface area contributed by atoms with E-state index in [-0.39, 0.29) is 5.78 Å². The summed E-state index contributed by atoms with van der Waals surface area (Å²) in [6.07, 6.45) is 0. The minimum Gasteiger partial charge on any atom is -0.298 e. The van der Waals surface area contributed by atoms with Gasteiger partial charge in [0.15, 0.2) is 5.78 Å². The van der Waals surface area contributed by atoms with E-state index in [1.54, 1.807) is 6.07 Å². The van der Waals surface area contributed by atoms with E-state index in [1.807, 2.05) is 12.1 Å². The number of rotatable bonds is 2. The van der Waals surface area contributed by atoms with Gasteiger partial charge in [0.1, 0.15) is 5.92 Å². The second kappa shape index (κ2) is 3.83. The average molecular weight is 244 g/mol. The minimum atomic E-state index is -0.596. The zero-order chi connectivity index (χ0) is 9.14. The minimum absolute atomic E-state index is 0.105. The maximum absolute atomic E-state index is 11.0. The molecule has 0 aliphatic rings. The molecule has 2 nitrogen and oxygen atoms in total. The van der Waals surface area contributed by atoms with Crippen LogP contribution in [0.5, 0.6) is 0 Å². The number of thiophene rings is 1. The number of ketones is 1. The summed E-state index contributed by atoms with van der Waals surface area (Å²) in [6.45, 7) is 1.43. The maximum Gasteiger partial charge on any atom is 0.152 e. The first-order valence-electron chi connectivity index (χ1n) is 3.30. The van der Waals surface area contributed by atoms with Crippen LogP contribution in [0.3, 0.4) is 0 Å². The number of Topliss-reactive ketones (excluding diaryl/α,β-unsaturated/α-hetero) is 1. The van der Waals surface area contributed by atoms with Gasteiger partial charge in [-0.2, -0.15) is 5.26 Å². The highest BCUT2D eigenvalue weighted by atomic mass is 79.9. The Morgan fingerprint density at radius 1 is 1.75 bits per heavy atom. The van der Waals surface area contributed by atoms with Crippen LogP contribution in [0.15, 0.2) is 15.9 Å². The lowest BCUT2D eigenvalue weighted by molar-refractivity contribution is -0.117. The lowest BCUT2D eigenvalue weighted by Gasteiger charge is -1.98. The molecule has 1 rings (SSSR count). The third-order valence-electron chi connectivity index (χ3n) is 1.41. The van der Waals surface area contributed by atoms with E-state index < -0.39 is 5.92 Å². The molecule has 4 heteroatoms. The maximum atomic E-state index is 11.0. The Hall–Kier alpha value is -0.660. The van der Waals surface area contributed by atoms with Crippen molar-refractivity contribution in [2.75, 3.05) is 0 Å². The molecule has 0 aliphatic heterocycles. The summed E-state index contributed by atoms with van der Waals surface area (Å²) in [7, 11) is 0. The van der Waals surface area contributed by atoms with Crippen molar-refractivity contribution >= 4 is 33.0 Å². The van der Waals surface area contributed by atoms with Crippen molar-refractivity contribution in [3.05, 3.63) is 20.8 Å². The summed E-state index contributed by atoms with van der Waals surface area (Å²) >= 11 is 4.70. The molecule has 0 amide bonds. The fourth-order valence-electron chi connectivity index (χ4n) is 0.838. The third-order valence-corrected chi connectivity index (χ3v) is 3.10. The van der Waals surface area contributed by atoms with Crippen molar-refractivity contribution in [1.29, 1.82) is 5.26 Å². The normalized spacial score (nSPS) is 12.1. The van der Waals surface area contributed by atoms with Crippen LogP contribution in [0, 0.1) is 11.3 Å². The van der Waals surface area contributed by atoms with Gasteiger partial charge >= 0.3 is 0 Å². The monoisotopic (exact) mass is 243 g/mol. The van der Waals surface area contributed by atoms with Crippen molar-refractivity contribution in [2.45, 2.75) is 12.8 Å². The second-order valence-electron chi connectivity index (χ2n) is 2.31. The first kappa shape index (κ1) is 9.43. The molecule has 0 spiro atoms. The van der Waals surface area contributed by atoms with Crippen molar-refractivity contribution in [1.82, 2.24) is 0 Å². The summed E-state index contributed by atoms with van der Waals surface area (Å²) in [4.78, 5) is 11.8. The van der Waals surface area contributed by atoms with E-state index in [1.165, 1.54) is 18.3 Å². The molecule has 0 saturated carbocycles. The van der Waals surface area contributed by atoms with Crippen LogP contribution in [0.4, 0.5) is 0 Å². The summed E-state index contributed by atoms with van der Waals surface area (Å²) in [6, 6.07) is 5.61. The first-order valence-corrected chi connectivity index (χ1v) is 4.91.